The van der Waals surface area contributed by atoms with Gasteiger partial charge in [-0.05, 0) is 5.22 Å². The maximum Gasteiger partial charge on any atom is 0.201 e. The second kappa shape index (κ2) is 2.48. The first-order valence-corrected chi connectivity index (χ1v) is 3.02. The number of allylic oxidation sites excluding steroid dienone is 1. The van der Waals surface area contributed by atoms with Crippen molar-refractivity contribution in [2.75, 3.05) is 0 Å². The molecule has 2 rings (SSSR count). The molecule has 0 saturated heterocycles. The molecule has 7 nitrogen and oxygen atoms in total. The number of nitrogens with one attached hydrogen (secondary N) is 1. The SMILES string of the molecule is O=C=C1N=NN=C1c1cn[nH]n1. The number of H-pyrrole nitrogens is 1. The lowest BCUT2D eigenvalue weighted by Crippen LogP contribution is -2.01. The standard InChI is InChI=1S/C5H2N6O/c12-2-4-5(9-11-8-4)3-1-6-10-7-3/h1H,(H,6,7,10). The van der Waals surface area contributed by atoms with Crippen LogP contribution in [-0.2, 0) is 4.79 Å². The molecule has 0 saturated carbocycles. The Labute approximate surface area is 65.9 Å². The third-order valence-electron chi connectivity index (χ3n) is 1.27. The average molecular weight is 162 g/mol. The van der Waals surface area contributed by atoms with E-state index in [0.29, 0.717) is 11.4 Å². The molecule has 7 heteroatoms. The summed E-state index contributed by atoms with van der Waals surface area (Å²) < 4.78 is 0. The Balaban J connectivity index is 2.46. The van der Waals surface area contributed by atoms with E-state index in [4.69, 9.17) is 0 Å². The molecule has 2 heterocycles. The van der Waals surface area contributed by atoms with Crippen molar-refractivity contribution in [3.05, 3.63) is 17.6 Å². The lowest BCUT2D eigenvalue weighted by Gasteiger charge is -1.86. The molecule has 1 aromatic heterocycles. The van der Waals surface area contributed by atoms with Crippen LogP contribution in [0.3, 0.4) is 0 Å². The van der Waals surface area contributed by atoms with Gasteiger partial charge >= 0.3 is 0 Å². The monoisotopic (exact) mass is 162 g/mol. The molecule has 0 radical (unpaired) electrons. The summed E-state index contributed by atoms with van der Waals surface area (Å²) in [6.07, 6.45) is 1.42. The molecule has 12 heavy (non-hydrogen) atoms. The number of aromatic nitrogens is 3. The zero-order chi connectivity index (χ0) is 8.39. The normalized spacial score (nSPS) is 14.7. The minimum atomic E-state index is 0.0453. The number of rotatable bonds is 1. The van der Waals surface area contributed by atoms with E-state index in [-0.39, 0.29) is 5.70 Å². The fourth-order valence-electron chi connectivity index (χ4n) is 0.764. The van der Waals surface area contributed by atoms with Gasteiger partial charge in [0.05, 0.1) is 6.20 Å². The van der Waals surface area contributed by atoms with Crippen LogP contribution in [-0.4, -0.2) is 27.1 Å². The molecule has 0 amide bonds. The summed E-state index contributed by atoms with van der Waals surface area (Å²) in [5.41, 5.74) is 0.765. The summed E-state index contributed by atoms with van der Waals surface area (Å²) in [6, 6.07) is 0. The zero-order valence-corrected chi connectivity index (χ0v) is 5.72. The molecule has 1 aromatic rings. The molecule has 0 aromatic carbocycles. The van der Waals surface area contributed by atoms with Crippen molar-refractivity contribution in [2.24, 2.45) is 15.4 Å². The average Bonchev–Trinajstić information content (AvgIpc) is 2.74. The summed E-state index contributed by atoms with van der Waals surface area (Å²) >= 11 is 0. The van der Waals surface area contributed by atoms with E-state index in [1.54, 1.807) is 5.94 Å². The van der Waals surface area contributed by atoms with E-state index < -0.39 is 0 Å². The molecule has 1 aliphatic heterocycles. The highest BCUT2D eigenvalue weighted by atomic mass is 16.1. The summed E-state index contributed by atoms with van der Waals surface area (Å²) in [5, 5.41) is 20.0. The molecular weight excluding hydrogens is 160 g/mol. The second-order valence-electron chi connectivity index (χ2n) is 1.94. The fourth-order valence-corrected chi connectivity index (χ4v) is 0.764. The van der Waals surface area contributed by atoms with Crippen LogP contribution in [0.2, 0.25) is 0 Å². The highest BCUT2D eigenvalue weighted by Crippen LogP contribution is 2.11. The van der Waals surface area contributed by atoms with Crippen LogP contribution < -0.4 is 0 Å². The van der Waals surface area contributed by atoms with Gasteiger partial charge in [0.1, 0.15) is 5.69 Å². The Hall–Kier alpha value is -2.14. The van der Waals surface area contributed by atoms with Crippen molar-refractivity contribution in [3.8, 4) is 0 Å². The van der Waals surface area contributed by atoms with Crippen LogP contribution in [0.5, 0.6) is 0 Å². The first-order valence-electron chi connectivity index (χ1n) is 3.02. The predicted molar refractivity (Wildman–Crippen MR) is 37.0 cm³/mol. The maximum atomic E-state index is 10.3. The third kappa shape index (κ3) is 0.850. The molecule has 1 aliphatic rings. The summed E-state index contributed by atoms with van der Waals surface area (Å²) in [7, 11) is 0. The highest BCUT2D eigenvalue weighted by molar-refractivity contribution is 6.15. The van der Waals surface area contributed by atoms with Gasteiger partial charge in [-0.25, -0.2) is 4.79 Å². The van der Waals surface area contributed by atoms with Gasteiger partial charge in [0.2, 0.25) is 5.70 Å². The number of aromatic amines is 1. The molecule has 58 valence electrons. The number of carbonyl (C=O) groups excluding carboxylic acids is 1. The molecular formula is C5H2N6O. The van der Waals surface area contributed by atoms with Gasteiger partial charge in [0, 0.05) is 0 Å². The molecule has 0 aliphatic carbocycles. The number of nitrogens with zero attached hydrogens (tertiary/aromatic N) is 5. The largest absolute Gasteiger partial charge is 0.231 e. The maximum absolute atomic E-state index is 10.3. The van der Waals surface area contributed by atoms with E-state index >= 15 is 0 Å². The fraction of sp³-hybridized carbons (Fsp3) is 0. The van der Waals surface area contributed by atoms with Crippen molar-refractivity contribution in [1.82, 2.24) is 15.4 Å². The van der Waals surface area contributed by atoms with Gasteiger partial charge < -0.3 is 0 Å². The van der Waals surface area contributed by atoms with E-state index in [2.05, 4.69) is 30.8 Å². The van der Waals surface area contributed by atoms with Crippen molar-refractivity contribution < 1.29 is 4.79 Å². The molecule has 0 unspecified atom stereocenters. The Morgan fingerprint density at radius 1 is 1.50 bits per heavy atom. The van der Waals surface area contributed by atoms with Crippen molar-refractivity contribution in [1.29, 1.82) is 0 Å². The minimum absolute atomic E-state index is 0.0453. The van der Waals surface area contributed by atoms with E-state index in [0.717, 1.165) is 0 Å². The van der Waals surface area contributed by atoms with E-state index in [1.165, 1.54) is 6.20 Å². The van der Waals surface area contributed by atoms with Gasteiger partial charge in [-0.2, -0.15) is 15.4 Å². The molecule has 0 bridgehead atoms. The summed E-state index contributed by atoms with van der Waals surface area (Å²) in [6.45, 7) is 0. The Bertz CT molecular complexity index is 396. The minimum Gasteiger partial charge on any atom is -0.231 e. The summed E-state index contributed by atoms with van der Waals surface area (Å²) in [5.74, 6) is 1.60. The van der Waals surface area contributed by atoms with Crippen LogP contribution in [0.4, 0.5) is 0 Å². The van der Waals surface area contributed by atoms with Crippen molar-refractivity contribution in [2.45, 2.75) is 0 Å². The van der Waals surface area contributed by atoms with Crippen LogP contribution in [0, 0.1) is 0 Å². The quantitative estimate of drug-likeness (QED) is 0.573. The second-order valence-corrected chi connectivity index (χ2v) is 1.94. The van der Waals surface area contributed by atoms with Gasteiger partial charge in [-0.3, -0.25) is 0 Å². The smallest absolute Gasteiger partial charge is 0.201 e. The Kier molecular flexibility index (Phi) is 1.36. The Morgan fingerprint density at radius 2 is 2.42 bits per heavy atom. The van der Waals surface area contributed by atoms with Crippen molar-refractivity contribution >= 4 is 11.7 Å². The van der Waals surface area contributed by atoms with E-state index in [9.17, 15) is 4.79 Å². The zero-order valence-electron chi connectivity index (χ0n) is 5.72. The lowest BCUT2D eigenvalue weighted by molar-refractivity contribution is 0.567. The highest BCUT2D eigenvalue weighted by Gasteiger charge is 2.17. The predicted octanol–water partition coefficient (Wildman–Crippen LogP) is -0.310. The third-order valence-corrected chi connectivity index (χ3v) is 1.27. The lowest BCUT2D eigenvalue weighted by atomic mass is 10.2. The van der Waals surface area contributed by atoms with Crippen LogP contribution in [0.25, 0.3) is 0 Å². The van der Waals surface area contributed by atoms with Gasteiger partial charge in [0.25, 0.3) is 0 Å². The Morgan fingerprint density at radius 3 is 3.08 bits per heavy atom. The van der Waals surface area contributed by atoms with Crippen molar-refractivity contribution in [3.63, 3.8) is 0 Å². The van der Waals surface area contributed by atoms with Gasteiger partial charge in [-0.1, -0.05) is 0 Å². The number of hydrogen-bond donors (Lipinski definition) is 1. The molecule has 0 atom stereocenters. The molecule has 0 spiro atoms. The molecule has 1 N–H and O–H groups in total. The van der Waals surface area contributed by atoms with Crippen LogP contribution in [0.1, 0.15) is 5.69 Å². The van der Waals surface area contributed by atoms with Crippen LogP contribution in [0.15, 0.2) is 27.3 Å². The van der Waals surface area contributed by atoms with Gasteiger partial charge in [0.15, 0.2) is 11.7 Å². The first kappa shape index (κ1) is 6.56. The first-order chi connectivity index (χ1) is 5.92. The summed E-state index contributed by atoms with van der Waals surface area (Å²) in [4.78, 5) is 10.3. The molecule has 0 fully saturated rings. The van der Waals surface area contributed by atoms with E-state index in [1.807, 2.05) is 0 Å². The van der Waals surface area contributed by atoms with Crippen LogP contribution >= 0.6 is 0 Å². The topological polar surface area (TPSA) is 95.7 Å². The number of hydrogen-bond acceptors (Lipinski definition) is 6. The van der Waals surface area contributed by atoms with Gasteiger partial charge in [-0.15, -0.1) is 10.2 Å².